The number of carboxylic acid groups (broad SMARTS) is 6. The number of hydrogen-bond donors (Lipinski definition) is 6. The minimum absolute atomic E-state index is 0. The number of benzene rings is 3. The second kappa shape index (κ2) is 15.4. The summed E-state index contributed by atoms with van der Waals surface area (Å²) >= 11 is 0. The molecule has 13 heteroatoms. The first-order valence-electron chi connectivity index (χ1n) is 9.55. The summed E-state index contributed by atoms with van der Waals surface area (Å²) in [6.45, 7) is 0. The van der Waals surface area contributed by atoms with Gasteiger partial charge in [0.1, 0.15) is 0 Å². The van der Waals surface area contributed by atoms with E-state index in [1.165, 1.54) is 72.8 Å². The van der Waals surface area contributed by atoms with E-state index < -0.39 is 35.8 Å². The Morgan fingerprint density at radius 3 is 0.514 bits per heavy atom. The van der Waals surface area contributed by atoms with Crippen LogP contribution in [-0.4, -0.2) is 93.8 Å². The summed E-state index contributed by atoms with van der Waals surface area (Å²) in [7, 11) is 0. The fourth-order valence-corrected chi connectivity index (χ4v) is 2.57. The Labute approximate surface area is 228 Å². The van der Waals surface area contributed by atoms with Gasteiger partial charge in [0.2, 0.25) is 0 Å². The number of hydrogen-bond acceptors (Lipinski definition) is 6. The second-order valence-electron chi connectivity index (χ2n) is 6.47. The number of carboxylic acids is 6. The fraction of sp³-hybridized carbons (Fsp3) is 0. The van der Waals surface area contributed by atoms with Gasteiger partial charge < -0.3 is 30.6 Å². The number of aromatic carboxylic acids is 6. The quantitative estimate of drug-likeness (QED) is 0.204. The van der Waals surface area contributed by atoms with Crippen molar-refractivity contribution in [1.29, 1.82) is 0 Å². The second-order valence-corrected chi connectivity index (χ2v) is 6.47. The smallest absolute Gasteiger partial charge is 0.336 e. The predicted molar refractivity (Wildman–Crippen MR) is 127 cm³/mol. The molecule has 0 amide bonds. The Bertz CT molecular complexity index is 1060. The van der Waals surface area contributed by atoms with E-state index in [9.17, 15) is 28.8 Å². The maximum Gasteiger partial charge on any atom is 0.336 e. The van der Waals surface area contributed by atoms with Crippen LogP contribution in [0.1, 0.15) is 62.1 Å². The minimum atomic E-state index is -1.23. The van der Waals surface area contributed by atoms with Crippen molar-refractivity contribution >= 4 is 63.1 Å². The van der Waals surface area contributed by atoms with Crippen molar-refractivity contribution in [3.05, 3.63) is 106 Å². The average Bonchev–Trinajstić information content (AvgIpc) is 2.84. The topological polar surface area (TPSA) is 224 Å². The standard InChI is InChI=1S/3C8H6O4.Pb/c3*9-7(10)5-3-1-2-4-6(5)8(11)12;/h3*1-4H,(H,9,10)(H,11,12);. The van der Waals surface area contributed by atoms with E-state index >= 15 is 0 Å². The molecule has 0 fully saturated rings. The van der Waals surface area contributed by atoms with Crippen molar-refractivity contribution in [2.24, 2.45) is 0 Å². The van der Waals surface area contributed by atoms with E-state index in [0.717, 1.165) is 0 Å². The molecule has 12 nitrogen and oxygen atoms in total. The molecule has 0 aliphatic heterocycles. The van der Waals surface area contributed by atoms with Crippen LogP contribution in [0.25, 0.3) is 0 Å². The van der Waals surface area contributed by atoms with Crippen molar-refractivity contribution in [2.45, 2.75) is 0 Å². The third-order valence-corrected chi connectivity index (χ3v) is 4.16. The molecule has 0 aliphatic rings. The van der Waals surface area contributed by atoms with Crippen molar-refractivity contribution in [3.8, 4) is 0 Å². The fourth-order valence-electron chi connectivity index (χ4n) is 2.57. The van der Waals surface area contributed by atoms with Gasteiger partial charge in [-0.2, -0.15) is 0 Å². The molecule has 3 aromatic rings. The monoisotopic (exact) mass is 706 g/mol. The molecule has 0 heterocycles. The van der Waals surface area contributed by atoms with Crippen LogP contribution in [0.3, 0.4) is 0 Å². The van der Waals surface area contributed by atoms with Crippen molar-refractivity contribution in [3.63, 3.8) is 0 Å². The van der Waals surface area contributed by atoms with Gasteiger partial charge in [-0.3, -0.25) is 0 Å². The van der Waals surface area contributed by atoms with Crippen LogP contribution in [0.4, 0.5) is 0 Å². The summed E-state index contributed by atoms with van der Waals surface area (Å²) in [4.78, 5) is 62.8. The van der Waals surface area contributed by atoms with E-state index in [2.05, 4.69) is 0 Å². The Morgan fingerprint density at radius 1 is 0.324 bits per heavy atom. The third-order valence-electron chi connectivity index (χ3n) is 4.16. The molecule has 0 bridgehead atoms. The van der Waals surface area contributed by atoms with Gasteiger partial charge in [0.25, 0.3) is 0 Å². The van der Waals surface area contributed by atoms with Gasteiger partial charge in [0.05, 0.1) is 33.4 Å². The van der Waals surface area contributed by atoms with E-state index in [-0.39, 0.29) is 60.7 Å². The van der Waals surface area contributed by atoms with E-state index in [4.69, 9.17) is 30.6 Å². The molecule has 4 radical (unpaired) electrons. The van der Waals surface area contributed by atoms with Gasteiger partial charge in [-0.25, -0.2) is 28.8 Å². The van der Waals surface area contributed by atoms with Crippen LogP contribution < -0.4 is 0 Å². The SMILES string of the molecule is O=C(O)c1ccccc1C(=O)O.O=C(O)c1ccccc1C(=O)O.O=C(O)c1ccccc1C(=O)O.[Pb]. The molecule has 0 aromatic heterocycles. The largest absolute Gasteiger partial charge is 0.478 e. The number of carbonyl (C=O) groups is 6. The average molecular weight is 706 g/mol. The molecule has 0 saturated carbocycles. The zero-order chi connectivity index (χ0) is 27.4. The first-order valence-corrected chi connectivity index (χ1v) is 9.55. The summed E-state index contributed by atoms with van der Waals surface area (Å²) < 4.78 is 0. The van der Waals surface area contributed by atoms with Crippen LogP contribution >= 0.6 is 0 Å². The maximum absolute atomic E-state index is 10.5. The summed E-state index contributed by atoms with van der Waals surface area (Å²) in [6.07, 6.45) is 0. The van der Waals surface area contributed by atoms with Gasteiger partial charge >= 0.3 is 35.8 Å². The third kappa shape index (κ3) is 9.89. The summed E-state index contributed by atoms with van der Waals surface area (Å²) in [5.74, 6) is -7.37. The Hall–Kier alpha value is -4.60. The molecular formula is C24H18O12Pb. The molecular weight excluding hydrogens is 687 g/mol. The first kappa shape index (κ1) is 32.4. The molecule has 3 aromatic carbocycles. The van der Waals surface area contributed by atoms with Gasteiger partial charge in [-0.05, 0) is 36.4 Å². The summed E-state index contributed by atoms with van der Waals surface area (Å²) in [5.41, 5.74) is -1.14. The van der Waals surface area contributed by atoms with Crippen LogP contribution in [0.2, 0.25) is 0 Å². The van der Waals surface area contributed by atoms with Crippen molar-refractivity contribution < 1.29 is 59.4 Å². The van der Waals surface area contributed by atoms with Crippen molar-refractivity contribution in [2.75, 3.05) is 0 Å². The van der Waals surface area contributed by atoms with Crippen LogP contribution in [-0.2, 0) is 0 Å². The molecule has 3 rings (SSSR count). The molecule has 0 spiro atoms. The molecule has 0 atom stereocenters. The number of rotatable bonds is 6. The van der Waals surface area contributed by atoms with Crippen LogP contribution in [0, 0.1) is 0 Å². The van der Waals surface area contributed by atoms with Gasteiger partial charge in [0.15, 0.2) is 0 Å². The minimum Gasteiger partial charge on any atom is -0.478 e. The van der Waals surface area contributed by atoms with Gasteiger partial charge in [-0.15, -0.1) is 0 Å². The Balaban J connectivity index is 0.000000518. The molecule has 190 valence electrons. The molecule has 0 unspecified atom stereocenters. The van der Waals surface area contributed by atoms with E-state index in [0.29, 0.717) is 0 Å². The zero-order valence-electron chi connectivity index (χ0n) is 18.6. The van der Waals surface area contributed by atoms with Gasteiger partial charge in [-0.1, -0.05) is 36.4 Å². The zero-order valence-corrected chi connectivity index (χ0v) is 22.4. The maximum atomic E-state index is 10.5. The summed E-state index contributed by atoms with van der Waals surface area (Å²) in [5, 5.41) is 51.3. The van der Waals surface area contributed by atoms with E-state index in [1.807, 2.05) is 0 Å². The van der Waals surface area contributed by atoms with Gasteiger partial charge in [0, 0.05) is 27.3 Å². The molecule has 0 saturated heterocycles. The summed E-state index contributed by atoms with van der Waals surface area (Å²) in [6, 6.07) is 16.4. The molecule has 37 heavy (non-hydrogen) atoms. The Morgan fingerprint density at radius 2 is 0.432 bits per heavy atom. The van der Waals surface area contributed by atoms with Crippen molar-refractivity contribution in [1.82, 2.24) is 0 Å². The molecule has 0 aliphatic carbocycles. The first-order chi connectivity index (χ1) is 16.9. The van der Waals surface area contributed by atoms with Crippen LogP contribution in [0.5, 0.6) is 0 Å². The molecule has 6 N–H and O–H groups in total. The van der Waals surface area contributed by atoms with E-state index in [1.54, 1.807) is 0 Å². The van der Waals surface area contributed by atoms with Crippen LogP contribution in [0.15, 0.2) is 72.8 Å². The normalized spacial score (nSPS) is 9.08. The Kier molecular flexibility index (Phi) is 13.5. The predicted octanol–water partition coefficient (Wildman–Crippen LogP) is 2.87.